The van der Waals surface area contributed by atoms with Gasteiger partial charge in [-0.05, 0) is 165 Å². The number of aliphatic hydroxyl groups excluding tert-OH is 1. The maximum absolute atomic E-state index is 12.5. The van der Waals surface area contributed by atoms with Crippen LogP contribution in [0.15, 0.2) is 0 Å². The molecule has 0 aromatic heterocycles. The summed E-state index contributed by atoms with van der Waals surface area (Å²) in [5.74, 6) is -2.56. The third-order valence-corrected chi connectivity index (χ3v) is 25.9. The van der Waals surface area contributed by atoms with Crippen molar-refractivity contribution in [3.8, 4) is 0 Å². The van der Waals surface area contributed by atoms with E-state index in [4.69, 9.17) is 49.2 Å². The van der Waals surface area contributed by atoms with E-state index in [-0.39, 0.29) is 98.1 Å². The van der Waals surface area contributed by atoms with E-state index in [0.717, 1.165) is 13.1 Å². The molecule has 3 aliphatic rings. The summed E-state index contributed by atoms with van der Waals surface area (Å²) >= 11 is 10.9. The fourth-order valence-electron chi connectivity index (χ4n) is 11.4. The van der Waals surface area contributed by atoms with E-state index in [1.807, 2.05) is 111 Å². The third kappa shape index (κ3) is 78.5. The predicted molar refractivity (Wildman–Crippen MR) is 582 cm³/mol. The van der Waals surface area contributed by atoms with Crippen LogP contribution in [0.3, 0.4) is 0 Å². The van der Waals surface area contributed by atoms with Gasteiger partial charge in [0.15, 0.2) is 23.4 Å². The number of carboxylic acids is 1. The lowest BCUT2D eigenvalue weighted by Gasteiger charge is -2.29. The van der Waals surface area contributed by atoms with E-state index >= 15 is 0 Å². The van der Waals surface area contributed by atoms with Crippen molar-refractivity contribution in [1.82, 2.24) is 42.5 Å². The van der Waals surface area contributed by atoms with E-state index in [1.165, 1.54) is 56.4 Å². The summed E-state index contributed by atoms with van der Waals surface area (Å²) in [7, 11) is 2.48. The zero-order valence-corrected chi connectivity index (χ0v) is 101. The fourth-order valence-corrected chi connectivity index (χ4v) is 20.2. The van der Waals surface area contributed by atoms with Gasteiger partial charge in [-0.3, -0.25) is 28.8 Å². The third-order valence-electron chi connectivity index (χ3n) is 16.7. The highest BCUT2D eigenvalue weighted by Gasteiger charge is 2.42. The smallest absolute Gasteiger partial charge is 0.408 e. The molecule has 0 unspecified atom stereocenters. The molecule has 40 nitrogen and oxygen atoms in total. The Balaban J connectivity index is -0.000000384. The van der Waals surface area contributed by atoms with Crippen molar-refractivity contribution in [3.05, 3.63) is 5.53 Å². The number of carbonyl (C=O) groups is 17. The van der Waals surface area contributed by atoms with Crippen LogP contribution in [0, 0.1) is 5.92 Å². The number of ether oxygens (including phenoxy) is 10. The van der Waals surface area contributed by atoms with Gasteiger partial charge < -0.3 is 111 Å². The number of esters is 4. The Bertz CT molecular complexity index is 4170. The summed E-state index contributed by atoms with van der Waals surface area (Å²) < 4.78 is 49.3. The Kier molecular flexibility index (Phi) is 67.9. The summed E-state index contributed by atoms with van der Waals surface area (Å²) in [6.45, 7) is 80.4. The SMILES string of the molecule is CC(=O)OC(=O)[C@@H](NC(=O)OC(C)(C)C)[C@H](C)SC(C)(C)C.CC(C)C[C@H](NC(=O)OC(C)(C)C)C(=O)N[C@@H]1C(=O)CS[C@H]1C.COC(=O)[C@@H](NC(=O)OC(C)(C)C)[C@@H](C)O.COC(=O)[C@@H](NC(=O)OC(C)(C)C)[C@H](C)SC(C)(C)C.C[C@@H]1SCC(=O)[C@H]1N.C[C@@H]1SCC(=O)[C@H]1NC(=O)OC(C)(C)C.C[C@H](SC(C)(C)C)[C@H](NC(=O)OC(C)(C)C)C(=O)C=[N+]=[N-].C[C@H](SC(C)(C)C)[C@H](NC(=O)OC(C)(C)C)C(=O)O.Cl. The van der Waals surface area contributed by atoms with Gasteiger partial charge in [-0.2, -0.15) is 51.8 Å². The number of methoxy groups -OCH3 is 2. The largest absolute Gasteiger partial charge is 0.480 e. The van der Waals surface area contributed by atoms with Gasteiger partial charge >= 0.3 is 78.7 Å². The molecule has 0 radical (unpaired) electrons. The van der Waals surface area contributed by atoms with Gasteiger partial charge in [-0.15, -0.1) is 47.7 Å². The van der Waals surface area contributed by atoms with Crippen molar-refractivity contribution in [2.24, 2.45) is 11.7 Å². The van der Waals surface area contributed by atoms with E-state index in [2.05, 4.69) is 77.6 Å². The van der Waals surface area contributed by atoms with Crippen molar-refractivity contribution >= 4 is 202 Å². The number of nitrogens with two attached hydrogens (primary N) is 1. The zero-order valence-electron chi connectivity index (χ0n) is 94.5. The number of hydrogen-bond donors (Lipinski definition) is 11. The van der Waals surface area contributed by atoms with E-state index in [9.17, 15) is 91.7 Å². The molecule has 8 amide bonds. The van der Waals surface area contributed by atoms with Crippen LogP contribution in [0.2, 0.25) is 0 Å². The number of nitrogens with zero attached hydrogens (tertiary/aromatic N) is 2. The molecule has 0 saturated carbocycles. The molecule has 3 heterocycles. The first-order valence-electron chi connectivity index (χ1n) is 47.1. The van der Waals surface area contributed by atoms with Crippen molar-refractivity contribution in [2.45, 2.75) is 466 Å². The molecule has 12 N–H and O–H groups in total. The quantitative estimate of drug-likeness (QED) is 0.00957. The van der Waals surface area contributed by atoms with Crippen molar-refractivity contribution in [2.75, 3.05) is 31.5 Å². The van der Waals surface area contributed by atoms with Gasteiger partial charge in [0.25, 0.3) is 5.78 Å². The molecule has 3 saturated heterocycles. The maximum Gasteiger partial charge on any atom is 0.408 e. The summed E-state index contributed by atoms with van der Waals surface area (Å²) in [6.07, 6.45) is -4.42. The molecule has 0 spiro atoms. The van der Waals surface area contributed by atoms with Gasteiger partial charge in [-0.1, -0.05) is 145 Å². The number of nitrogens with one attached hydrogen (secondary N) is 8. The minimum Gasteiger partial charge on any atom is -0.480 e. The van der Waals surface area contributed by atoms with Crippen LogP contribution in [-0.2, 0) is 95.3 Å². The maximum atomic E-state index is 12.5. The summed E-state index contributed by atoms with van der Waals surface area (Å²) in [5.41, 5.74) is 9.57. The molecular weight excluding hydrogens is 2040 g/mol. The number of amides is 8. The number of alkyl carbamates (subject to hydrolysis) is 7. The van der Waals surface area contributed by atoms with E-state index in [1.54, 1.807) is 206 Å². The number of hydrogen-bond acceptors (Lipinski definition) is 36. The molecule has 3 fully saturated rings. The van der Waals surface area contributed by atoms with E-state index in [0.29, 0.717) is 28.9 Å². The number of aliphatic carboxylic acids is 1. The second-order valence-corrected chi connectivity index (χ2v) is 57.9. The summed E-state index contributed by atoms with van der Waals surface area (Å²) in [5, 5.41) is 38.4. The van der Waals surface area contributed by atoms with Gasteiger partial charge in [0, 0.05) is 62.7 Å². The molecule has 145 heavy (non-hydrogen) atoms. The first-order valence-corrected chi connectivity index (χ1v) is 53.7. The van der Waals surface area contributed by atoms with Crippen LogP contribution < -0.4 is 48.3 Å². The second-order valence-electron chi connectivity index (χ2n) is 45.0. The molecule has 0 aromatic rings. The lowest BCUT2D eigenvalue weighted by Crippen LogP contribution is -2.53. The monoisotopic (exact) mass is 2220 g/mol. The molecule has 17 atom stereocenters. The molecule has 844 valence electrons. The average molecular weight is 2220 g/mol. The minimum atomic E-state index is -1.13. The molecule has 48 heteroatoms. The minimum absolute atomic E-state index is 0. The summed E-state index contributed by atoms with van der Waals surface area (Å²) in [4.78, 5) is 200. The van der Waals surface area contributed by atoms with Crippen LogP contribution in [0.1, 0.15) is 311 Å². The highest BCUT2D eigenvalue weighted by atomic mass is 35.5. The number of rotatable bonds is 26. The lowest BCUT2D eigenvalue weighted by molar-refractivity contribution is -0.160. The Morgan fingerprint density at radius 3 is 0.897 bits per heavy atom. The highest BCUT2D eigenvalue weighted by Crippen LogP contribution is 2.35. The van der Waals surface area contributed by atoms with Gasteiger partial charge in [0.2, 0.25) is 5.91 Å². The lowest BCUT2D eigenvalue weighted by atomic mass is 10.0. The zero-order chi connectivity index (χ0) is 115. The standard InChI is InChI=1S/C16H28N2O4S.C15H27NO5S.C14H25N3O3S.C14H27NO4S.C13H25NO4S.C10H19NO5.C10H17NO3S.C5H9NOS.ClH/c1-9(2)7-11(17-15(21)22-16(4,5)6)14(20)18-13-10(3)23-8-12(13)19;1-9(22-15(6,7)8)11(12(18)20-10(2)17)16-13(19)21-14(3,4)5;1-9(21-14(5,6)7)11(10(18)8-16-15)17-12(19)20-13(2,3)4;1-9(20-14(5,6)7)10(11(16)18-8)15-12(17)19-13(2,3)4;1-8(19-13(5,6)7)9(10(15)16)14-11(17)18-12(2,3)4;1-6(12)7(8(13)15-5)11-9(14)16-10(2,3)4;1-6-8(7(12)5-15-6)11-9(13)14-10(2,3)4;1-3-5(6)4(7)2-8-3;/h9-11,13H,7-8H2,1-6H3,(H,17,21)(H,18,20);9,11H,1-8H3,(H,16,19);8-9,11H,1-7H3,(H,17,19);9-10H,1-8H3,(H,15,17);8-9H,1-7H3,(H,14,17)(H,15,16);6-7,12H,1-5H3,(H,11,14);6,8H,5H2,1-4H3,(H,11,13);3,5H,2,6H2,1H3;1H/t10-,11-,13-;2*9-,11-;9-,10-;8-,9-;6-,7+;6-,8-;3-,5-;/m00000100./s1. The predicted octanol–water partition coefficient (Wildman–Crippen LogP) is 16.0. The molecule has 3 rings (SSSR count). The Hall–Kier alpha value is -7.37. The number of ketones is 4. The van der Waals surface area contributed by atoms with E-state index < -0.39 is 172 Å². The fraction of sp³-hybridized carbons (Fsp3) is 0.814. The molecule has 3 aliphatic heterocycles. The van der Waals surface area contributed by atoms with Crippen molar-refractivity contribution < 1.29 is 144 Å². The number of Topliss-reactive ketones (excluding diaryl/α,β-unsaturated/α-hetero) is 4. The molecule has 0 aromatic carbocycles. The van der Waals surface area contributed by atoms with Crippen LogP contribution in [-0.4, -0.2) is 310 Å². The average Bonchev–Trinajstić information content (AvgIpc) is 1.74. The Morgan fingerprint density at radius 1 is 0.400 bits per heavy atom. The number of aliphatic hydroxyl groups is 1. The number of thioether (sulfide) groups is 7. The number of halogens is 1. The van der Waals surface area contributed by atoms with Gasteiger partial charge in [0.05, 0.1) is 49.7 Å². The first-order chi connectivity index (χ1) is 64.4. The van der Waals surface area contributed by atoms with Crippen LogP contribution in [0.25, 0.3) is 5.53 Å². The number of carboxylic acid groups (broad SMARTS) is 1. The van der Waals surface area contributed by atoms with Gasteiger partial charge in [0.1, 0.15) is 75.5 Å². The molecule has 0 bridgehead atoms. The first kappa shape index (κ1) is 148. The normalized spacial score (nSPS) is 18.6. The van der Waals surface area contributed by atoms with Crippen LogP contribution in [0.4, 0.5) is 33.6 Å². The topological polar surface area (TPSA) is 582 Å². The van der Waals surface area contributed by atoms with Crippen LogP contribution in [0.5, 0.6) is 0 Å². The van der Waals surface area contributed by atoms with Crippen LogP contribution >= 0.6 is 94.7 Å². The highest BCUT2D eigenvalue weighted by molar-refractivity contribution is 8.02. The second kappa shape index (κ2) is 66.3. The van der Waals surface area contributed by atoms with Gasteiger partial charge in [-0.25, -0.2) is 52.7 Å². The molecule has 0 aliphatic carbocycles. The number of carbonyl (C=O) groups excluding carboxylic acids is 16. The molecular formula is C97H178ClN11O29S7. The summed E-state index contributed by atoms with van der Waals surface area (Å²) in [6, 6.07) is -6.41. The van der Waals surface area contributed by atoms with Crippen molar-refractivity contribution in [3.63, 3.8) is 0 Å². The Morgan fingerprint density at radius 2 is 0.655 bits per heavy atom. The van der Waals surface area contributed by atoms with Crippen molar-refractivity contribution in [1.29, 1.82) is 0 Å². The Labute approximate surface area is 898 Å².